The molecule has 0 atom stereocenters. The average molecular weight is 427 g/mol. The van der Waals surface area contributed by atoms with E-state index in [9.17, 15) is 0 Å². The molecule has 1 nitrogen and oxygen atoms in total. The van der Waals surface area contributed by atoms with E-state index < -0.39 is 0 Å². The molecule has 2 aliphatic rings. The highest BCUT2D eigenvalue weighted by Crippen LogP contribution is 2.38. The van der Waals surface area contributed by atoms with Crippen LogP contribution in [0.1, 0.15) is 91.7 Å². The lowest BCUT2D eigenvalue weighted by molar-refractivity contribution is -0.665. The standard InChI is InChI=1S/C31H40N/c1-21-16-27(26-12-6-5-7-13-26)20-30(23(21)3)31-29-15-14-25(18-24-10-8-9-11-24)19-28(29)17-22(2)32(31)4/h14-17,19-20,24,26H,5-13,18H2,1-4H3/q+1. The van der Waals surface area contributed by atoms with Gasteiger partial charge in [0, 0.05) is 13.0 Å². The van der Waals surface area contributed by atoms with Crippen molar-refractivity contribution in [1.29, 1.82) is 0 Å². The maximum Gasteiger partial charge on any atom is 0.220 e. The van der Waals surface area contributed by atoms with Crippen LogP contribution in [0.2, 0.25) is 0 Å². The Morgan fingerprint density at radius 2 is 1.53 bits per heavy atom. The first-order valence-electron chi connectivity index (χ1n) is 13.0. The zero-order valence-electron chi connectivity index (χ0n) is 20.6. The Morgan fingerprint density at radius 1 is 0.812 bits per heavy atom. The van der Waals surface area contributed by atoms with Gasteiger partial charge in [-0.3, -0.25) is 0 Å². The number of hydrogen-bond donors (Lipinski definition) is 0. The van der Waals surface area contributed by atoms with E-state index in [1.807, 2.05) is 0 Å². The molecule has 32 heavy (non-hydrogen) atoms. The molecule has 1 aromatic heterocycles. The summed E-state index contributed by atoms with van der Waals surface area (Å²) in [5, 5.41) is 2.81. The smallest absolute Gasteiger partial charge is 0.198 e. The van der Waals surface area contributed by atoms with Crippen LogP contribution in [0.3, 0.4) is 0 Å². The second kappa shape index (κ2) is 9.00. The number of fused-ring (bicyclic) bond motifs is 1. The molecule has 1 heterocycles. The first-order valence-corrected chi connectivity index (χ1v) is 13.0. The van der Waals surface area contributed by atoms with Gasteiger partial charge in [-0.25, -0.2) is 0 Å². The molecule has 0 bridgehead atoms. The average Bonchev–Trinajstić information content (AvgIpc) is 3.31. The molecule has 0 aliphatic heterocycles. The Balaban J connectivity index is 1.62. The normalized spacial score (nSPS) is 18.0. The zero-order chi connectivity index (χ0) is 22.2. The second-order valence-electron chi connectivity index (χ2n) is 10.8. The van der Waals surface area contributed by atoms with Crippen LogP contribution < -0.4 is 4.57 Å². The third-order valence-corrected chi connectivity index (χ3v) is 8.62. The molecule has 0 radical (unpaired) electrons. The Kier molecular flexibility index (Phi) is 6.10. The predicted molar refractivity (Wildman–Crippen MR) is 136 cm³/mol. The van der Waals surface area contributed by atoms with Crippen molar-refractivity contribution in [3.63, 3.8) is 0 Å². The summed E-state index contributed by atoms with van der Waals surface area (Å²) in [6, 6.07) is 14.7. The van der Waals surface area contributed by atoms with E-state index in [2.05, 4.69) is 68.8 Å². The van der Waals surface area contributed by atoms with Gasteiger partial charge in [-0.1, -0.05) is 63.1 Å². The fraction of sp³-hybridized carbons (Fsp3) is 0.516. The third kappa shape index (κ3) is 4.12. The van der Waals surface area contributed by atoms with E-state index in [4.69, 9.17) is 0 Å². The van der Waals surface area contributed by atoms with E-state index in [-0.39, 0.29) is 0 Å². The lowest BCUT2D eigenvalue weighted by atomic mass is 9.81. The molecule has 2 aromatic carbocycles. The largest absolute Gasteiger partial charge is 0.220 e. The number of hydrogen-bond acceptors (Lipinski definition) is 0. The third-order valence-electron chi connectivity index (χ3n) is 8.62. The van der Waals surface area contributed by atoms with E-state index in [1.54, 1.807) is 5.56 Å². The topological polar surface area (TPSA) is 3.88 Å². The van der Waals surface area contributed by atoms with E-state index in [0.717, 1.165) is 11.8 Å². The minimum Gasteiger partial charge on any atom is -0.198 e. The number of aromatic nitrogens is 1. The lowest BCUT2D eigenvalue weighted by Gasteiger charge is -2.24. The maximum atomic E-state index is 2.54. The minimum atomic E-state index is 0.737. The number of rotatable bonds is 4. The van der Waals surface area contributed by atoms with Gasteiger partial charge in [-0.2, -0.15) is 4.57 Å². The Bertz CT molecular complexity index is 1130. The summed E-state index contributed by atoms with van der Waals surface area (Å²) in [6.07, 6.45) is 13.8. The Morgan fingerprint density at radius 3 is 2.28 bits per heavy atom. The SMILES string of the molecule is Cc1cc(C2CCCCC2)cc(-c2c3ccc(CC4CCCC4)cc3cc(C)[n+]2C)c1C. The lowest BCUT2D eigenvalue weighted by Crippen LogP contribution is -2.35. The van der Waals surface area contributed by atoms with E-state index in [1.165, 1.54) is 109 Å². The van der Waals surface area contributed by atoms with Crippen LogP contribution in [0.25, 0.3) is 22.0 Å². The van der Waals surface area contributed by atoms with Crippen molar-refractivity contribution in [3.8, 4) is 11.3 Å². The van der Waals surface area contributed by atoms with Crippen molar-refractivity contribution < 1.29 is 4.57 Å². The van der Waals surface area contributed by atoms with Gasteiger partial charge in [0.25, 0.3) is 0 Å². The number of nitrogens with zero attached hydrogens (tertiary/aromatic N) is 1. The fourth-order valence-corrected chi connectivity index (χ4v) is 6.43. The van der Waals surface area contributed by atoms with Gasteiger partial charge >= 0.3 is 0 Å². The Labute approximate surface area is 194 Å². The number of aryl methyl sites for hydroxylation is 2. The molecular weight excluding hydrogens is 386 g/mol. The van der Waals surface area contributed by atoms with Gasteiger partial charge in [-0.15, -0.1) is 0 Å². The van der Waals surface area contributed by atoms with Crippen molar-refractivity contribution in [3.05, 3.63) is 64.3 Å². The van der Waals surface area contributed by atoms with Crippen molar-refractivity contribution in [2.75, 3.05) is 0 Å². The second-order valence-corrected chi connectivity index (χ2v) is 10.8. The van der Waals surface area contributed by atoms with Gasteiger partial charge in [0.05, 0.1) is 10.9 Å². The highest BCUT2D eigenvalue weighted by atomic mass is 14.9. The van der Waals surface area contributed by atoms with Crippen LogP contribution in [0.5, 0.6) is 0 Å². The summed E-state index contributed by atoms with van der Waals surface area (Å²) in [4.78, 5) is 0. The summed E-state index contributed by atoms with van der Waals surface area (Å²) >= 11 is 0. The van der Waals surface area contributed by atoms with Crippen LogP contribution in [0.15, 0.2) is 36.4 Å². The van der Waals surface area contributed by atoms with Crippen LogP contribution in [-0.4, -0.2) is 0 Å². The molecule has 0 saturated heterocycles. The molecule has 2 fully saturated rings. The summed E-state index contributed by atoms with van der Waals surface area (Å²) in [5.41, 5.74) is 10.1. The molecule has 0 unspecified atom stereocenters. The molecule has 1 heteroatoms. The van der Waals surface area contributed by atoms with Crippen molar-refractivity contribution in [2.45, 2.75) is 90.9 Å². The summed E-state index contributed by atoms with van der Waals surface area (Å²) in [6.45, 7) is 6.89. The summed E-state index contributed by atoms with van der Waals surface area (Å²) < 4.78 is 2.42. The molecule has 0 amide bonds. The number of benzene rings is 2. The molecule has 168 valence electrons. The first-order chi connectivity index (χ1) is 15.5. The monoisotopic (exact) mass is 426 g/mol. The highest BCUT2D eigenvalue weighted by Gasteiger charge is 2.24. The summed E-state index contributed by atoms with van der Waals surface area (Å²) in [7, 11) is 2.25. The number of pyridine rings is 1. The molecule has 0 spiro atoms. The predicted octanol–water partition coefficient (Wildman–Crippen LogP) is 8.04. The van der Waals surface area contributed by atoms with Crippen LogP contribution in [-0.2, 0) is 13.5 Å². The van der Waals surface area contributed by atoms with Crippen LogP contribution in [0, 0.1) is 26.7 Å². The first kappa shape index (κ1) is 21.7. The molecular formula is C31H40N+. The highest BCUT2D eigenvalue weighted by molar-refractivity contribution is 5.94. The van der Waals surface area contributed by atoms with Gasteiger partial charge in [-0.05, 0) is 84.7 Å². The quantitative estimate of drug-likeness (QED) is 0.372. The van der Waals surface area contributed by atoms with Crippen LogP contribution in [0.4, 0.5) is 0 Å². The van der Waals surface area contributed by atoms with Gasteiger partial charge in [0.15, 0.2) is 5.69 Å². The van der Waals surface area contributed by atoms with Crippen LogP contribution >= 0.6 is 0 Å². The zero-order valence-corrected chi connectivity index (χ0v) is 20.6. The van der Waals surface area contributed by atoms with E-state index >= 15 is 0 Å². The fourth-order valence-electron chi connectivity index (χ4n) is 6.43. The van der Waals surface area contributed by atoms with Gasteiger partial charge in [0.2, 0.25) is 5.69 Å². The molecule has 0 N–H and O–H groups in total. The summed E-state index contributed by atoms with van der Waals surface area (Å²) in [5.74, 6) is 1.63. The molecule has 3 aromatic rings. The minimum absolute atomic E-state index is 0.737. The van der Waals surface area contributed by atoms with Gasteiger partial charge < -0.3 is 0 Å². The van der Waals surface area contributed by atoms with Gasteiger partial charge in [0.1, 0.15) is 7.05 Å². The molecule has 2 aliphatic carbocycles. The maximum absolute atomic E-state index is 2.54. The molecule has 2 saturated carbocycles. The van der Waals surface area contributed by atoms with E-state index in [0.29, 0.717) is 0 Å². The van der Waals surface area contributed by atoms with Crippen molar-refractivity contribution >= 4 is 10.8 Å². The molecule has 5 rings (SSSR count). The van der Waals surface area contributed by atoms with Crippen molar-refractivity contribution in [2.24, 2.45) is 13.0 Å². The van der Waals surface area contributed by atoms with Crippen molar-refractivity contribution in [1.82, 2.24) is 0 Å². The Hall–Kier alpha value is -2.15.